The zero-order valence-corrected chi connectivity index (χ0v) is 21.4. The van der Waals surface area contributed by atoms with Crippen LogP contribution in [0.1, 0.15) is 29.6 Å². The summed E-state index contributed by atoms with van der Waals surface area (Å²) in [4.78, 5) is 37.0. The number of pyridine rings is 2. The number of carbonyl (C=O) groups excluding carboxylic acids is 1. The first kappa shape index (κ1) is 24.7. The molecule has 38 heavy (non-hydrogen) atoms. The minimum atomic E-state index is -0.778. The quantitative estimate of drug-likeness (QED) is 0.219. The third kappa shape index (κ3) is 4.69. The minimum absolute atomic E-state index is 0.221. The van der Waals surface area contributed by atoms with E-state index < -0.39 is 6.10 Å². The second-order valence-electron chi connectivity index (χ2n) is 9.56. The van der Waals surface area contributed by atoms with Gasteiger partial charge in [0.05, 0.1) is 34.9 Å². The lowest BCUT2D eigenvalue weighted by Crippen LogP contribution is -2.33. The number of hydrogen-bond donors (Lipinski definition) is 4. The molecule has 0 bridgehead atoms. The van der Waals surface area contributed by atoms with E-state index in [-0.39, 0.29) is 18.1 Å². The first-order chi connectivity index (χ1) is 18.5. The molecule has 1 aliphatic rings. The maximum Gasteiger partial charge on any atom is 0.261 e. The van der Waals surface area contributed by atoms with Crippen LogP contribution in [0.15, 0.2) is 35.6 Å². The van der Waals surface area contributed by atoms with Gasteiger partial charge in [-0.3, -0.25) is 19.3 Å². The van der Waals surface area contributed by atoms with Crippen LogP contribution < -0.4 is 10.9 Å². The molecule has 1 unspecified atom stereocenters. The normalized spacial score (nSPS) is 15.2. The van der Waals surface area contributed by atoms with Crippen molar-refractivity contribution in [2.45, 2.75) is 31.9 Å². The van der Waals surface area contributed by atoms with Crippen LogP contribution in [0.25, 0.3) is 37.2 Å². The van der Waals surface area contributed by atoms with E-state index in [0.717, 1.165) is 30.1 Å². The molecule has 1 fully saturated rings. The predicted octanol–water partition coefficient (Wildman–Crippen LogP) is 1.22. The van der Waals surface area contributed by atoms with E-state index in [2.05, 4.69) is 30.4 Å². The fourth-order valence-corrected chi connectivity index (χ4v) is 5.89. The zero-order valence-electron chi connectivity index (χ0n) is 20.6. The van der Waals surface area contributed by atoms with Crippen LogP contribution in [0.4, 0.5) is 0 Å². The van der Waals surface area contributed by atoms with Gasteiger partial charge in [-0.15, -0.1) is 11.3 Å². The van der Waals surface area contributed by atoms with E-state index in [1.165, 1.54) is 30.4 Å². The molecule has 5 aromatic heterocycles. The fourth-order valence-electron chi connectivity index (χ4n) is 4.83. The number of carbonyl (C=O) groups is 1. The molecule has 12 nitrogen and oxygen atoms in total. The van der Waals surface area contributed by atoms with Crippen molar-refractivity contribution in [1.82, 2.24) is 39.6 Å². The van der Waals surface area contributed by atoms with E-state index in [1.807, 2.05) is 12.4 Å². The summed E-state index contributed by atoms with van der Waals surface area (Å²) >= 11 is 1.42. The topological polar surface area (TPSA) is 154 Å². The molecule has 0 spiro atoms. The lowest BCUT2D eigenvalue weighted by atomic mass is 10.2. The molecule has 6 heterocycles. The summed E-state index contributed by atoms with van der Waals surface area (Å²) < 4.78 is 3.38. The van der Waals surface area contributed by atoms with Gasteiger partial charge >= 0.3 is 0 Å². The average molecular weight is 537 g/mol. The number of nitrogens with zero attached hydrogens (tertiary/aromatic N) is 6. The minimum Gasteiger partial charge on any atom is -0.394 e. The molecule has 0 aromatic carbocycles. The van der Waals surface area contributed by atoms with Gasteiger partial charge in [-0.25, -0.2) is 4.52 Å². The van der Waals surface area contributed by atoms with Crippen molar-refractivity contribution in [2.75, 3.05) is 32.8 Å². The third-order valence-electron chi connectivity index (χ3n) is 6.89. The smallest absolute Gasteiger partial charge is 0.261 e. The number of thiazole rings is 1. The molecule has 6 rings (SSSR count). The molecule has 1 amide bonds. The van der Waals surface area contributed by atoms with Crippen molar-refractivity contribution in [2.24, 2.45) is 0 Å². The number of fused-ring (bicyclic) bond motifs is 5. The van der Waals surface area contributed by atoms with Crippen molar-refractivity contribution in [1.29, 1.82) is 0 Å². The van der Waals surface area contributed by atoms with E-state index in [1.54, 1.807) is 21.5 Å². The van der Waals surface area contributed by atoms with Crippen LogP contribution in [0.5, 0.6) is 0 Å². The molecule has 1 aliphatic heterocycles. The molecule has 1 atom stereocenters. The maximum atomic E-state index is 13.1. The molecule has 198 valence electrons. The predicted molar refractivity (Wildman–Crippen MR) is 143 cm³/mol. The largest absolute Gasteiger partial charge is 0.394 e. The Morgan fingerprint density at radius 2 is 2.03 bits per heavy atom. The van der Waals surface area contributed by atoms with Crippen LogP contribution >= 0.6 is 11.3 Å². The van der Waals surface area contributed by atoms with Gasteiger partial charge in [0.1, 0.15) is 21.3 Å². The SMILES string of the molecule is O=C(NCCN1CCCC1)c1cnc2c(c1)[nH]c(=O)c1c2nn2cc(-c3cnn(CCC(O)CO)c3)sc12. The van der Waals surface area contributed by atoms with E-state index >= 15 is 0 Å². The van der Waals surface area contributed by atoms with Crippen LogP contribution in [-0.2, 0) is 6.54 Å². The molecule has 0 aliphatic carbocycles. The zero-order chi connectivity index (χ0) is 26.2. The number of hydrogen-bond acceptors (Lipinski definition) is 9. The number of rotatable bonds is 9. The first-order valence-corrected chi connectivity index (χ1v) is 13.5. The molecule has 0 saturated carbocycles. The van der Waals surface area contributed by atoms with Crippen LogP contribution in [0.3, 0.4) is 0 Å². The molecule has 0 radical (unpaired) electrons. The molecular weight excluding hydrogens is 508 g/mol. The number of aliphatic hydroxyl groups is 2. The van der Waals surface area contributed by atoms with Gasteiger partial charge in [0, 0.05) is 43.8 Å². The third-order valence-corrected chi connectivity index (χ3v) is 8.04. The Kier molecular flexibility index (Phi) is 6.66. The Hall–Kier alpha value is -3.65. The second kappa shape index (κ2) is 10.3. The number of likely N-dealkylation sites (tertiary alicyclic amines) is 1. The highest BCUT2D eigenvalue weighted by atomic mass is 32.1. The lowest BCUT2D eigenvalue weighted by molar-refractivity contribution is 0.0838. The van der Waals surface area contributed by atoms with Crippen molar-refractivity contribution < 1.29 is 15.0 Å². The van der Waals surface area contributed by atoms with E-state index in [4.69, 9.17) is 5.11 Å². The fraction of sp³-hybridized carbons (Fsp3) is 0.400. The van der Waals surface area contributed by atoms with Crippen molar-refractivity contribution in [3.05, 3.63) is 46.8 Å². The standard InChI is InChI=1S/C25H28N8O4S/c34-14-17(35)3-7-32-12-16(11-28-32)19-13-33-25(38-19)20-22(30-33)21-18(29-24(20)37)9-15(10-27-21)23(36)26-4-8-31-5-1-2-6-31/h9-13,17,34-35H,1-8,14H2,(H,26,36)(H,29,37). The summed E-state index contributed by atoms with van der Waals surface area (Å²) in [5.41, 5.74) is 2.44. The Labute approximate surface area is 220 Å². The molecule has 1 saturated heterocycles. The summed E-state index contributed by atoms with van der Waals surface area (Å²) in [5.74, 6) is -0.221. The summed E-state index contributed by atoms with van der Waals surface area (Å²) in [7, 11) is 0. The Morgan fingerprint density at radius 1 is 1.18 bits per heavy atom. The van der Waals surface area contributed by atoms with Gasteiger partial charge in [-0.2, -0.15) is 10.2 Å². The van der Waals surface area contributed by atoms with Crippen LogP contribution in [0, 0.1) is 0 Å². The molecule has 4 N–H and O–H groups in total. The maximum absolute atomic E-state index is 13.1. The number of H-pyrrole nitrogens is 1. The van der Waals surface area contributed by atoms with Crippen LogP contribution in [-0.4, -0.2) is 89.3 Å². The van der Waals surface area contributed by atoms with Crippen LogP contribution in [0.2, 0.25) is 0 Å². The number of aryl methyl sites for hydroxylation is 1. The van der Waals surface area contributed by atoms with Gasteiger partial charge in [0.2, 0.25) is 0 Å². The number of nitrogens with one attached hydrogen (secondary N) is 2. The van der Waals surface area contributed by atoms with Gasteiger partial charge < -0.3 is 25.4 Å². The van der Waals surface area contributed by atoms with Gasteiger partial charge in [0.15, 0.2) is 0 Å². The summed E-state index contributed by atoms with van der Waals surface area (Å²) in [5, 5.41) is 30.9. The lowest BCUT2D eigenvalue weighted by Gasteiger charge is -2.14. The average Bonchev–Trinajstić information content (AvgIpc) is 3.71. The highest BCUT2D eigenvalue weighted by Gasteiger charge is 2.19. The van der Waals surface area contributed by atoms with Crippen molar-refractivity contribution in [3.8, 4) is 10.4 Å². The Bertz CT molecular complexity index is 1680. The van der Waals surface area contributed by atoms with Crippen molar-refractivity contribution >= 4 is 44.0 Å². The van der Waals surface area contributed by atoms with Gasteiger partial charge in [-0.05, 0) is 38.4 Å². The van der Waals surface area contributed by atoms with E-state index in [9.17, 15) is 14.7 Å². The number of aromatic amines is 1. The first-order valence-electron chi connectivity index (χ1n) is 12.7. The summed E-state index contributed by atoms with van der Waals surface area (Å²) in [6.07, 6.45) is 8.98. The van der Waals surface area contributed by atoms with Gasteiger partial charge in [0.25, 0.3) is 11.5 Å². The number of aliphatic hydroxyl groups excluding tert-OH is 2. The summed E-state index contributed by atoms with van der Waals surface area (Å²) in [6, 6.07) is 1.65. The molecule has 13 heteroatoms. The molecular formula is C25H28N8O4S. The molecule has 5 aromatic rings. The number of amides is 1. The van der Waals surface area contributed by atoms with Crippen molar-refractivity contribution in [3.63, 3.8) is 0 Å². The monoisotopic (exact) mass is 536 g/mol. The second-order valence-corrected chi connectivity index (χ2v) is 10.6. The Balaban J connectivity index is 1.25. The van der Waals surface area contributed by atoms with E-state index in [0.29, 0.717) is 51.8 Å². The Morgan fingerprint density at radius 3 is 2.84 bits per heavy atom. The van der Waals surface area contributed by atoms with Gasteiger partial charge in [-0.1, -0.05) is 0 Å². The highest BCUT2D eigenvalue weighted by Crippen LogP contribution is 2.33. The number of aromatic nitrogens is 6. The highest BCUT2D eigenvalue weighted by molar-refractivity contribution is 7.21. The summed E-state index contributed by atoms with van der Waals surface area (Å²) in [6.45, 7) is 3.74.